The van der Waals surface area contributed by atoms with Crippen LogP contribution < -0.4 is 5.32 Å². The summed E-state index contributed by atoms with van der Waals surface area (Å²) in [7, 11) is 0. The number of nitrogens with one attached hydrogen (secondary N) is 1. The van der Waals surface area contributed by atoms with Gasteiger partial charge in [-0.25, -0.2) is 0 Å². The van der Waals surface area contributed by atoms with Crippen molar-refractivity contribution in [2.75, 3.05) is 13.1 Å². The third kappa shape index (κ3) is 2.51. The number of pyridine rings is 1. The largest absolute Gasteiger partial charge is 0.404 e. The normalized spacial score (nSPS) is 22.6. The fraction of sp³-hybridized carbons (Fsp3) is 0.462. The van der Waals surface area contributed by atoms with Crippen LogP contribution in [0.5, 0.6) is 0 Å². The Labute approximate surface area is 118 Å². The minimum absolute atomic E-state index is 0.0955. The van der Waals surface area contributed by atoms with Gasteiger partial charge in [0, 0.05) is 18.4 Å². The first-order valence-electron chi connectivity index (χ1n) is 6.52. The number of nitrogens with zero attached hydrogens (tertiary/aromatic N) is 3. The smallest absolute Gasteiger partial charge is 0.338 e. The molecule has 0 aliphatic carbocycles. The van der Waals surface area contributed by atoms with Gasteiger partial charge in [-0.2, -0.15) is 18.2 Å². The molecule has 0 saturated carbocycles. The van der Waals surface area contributed by atoms with Crippen molar-refractivity contribution in [3.63, 3.8) is 0 Å². The highest BCUT2D eigenvalue weighted by Crippen LogP contribution is 2.44. The second kappa shape index (κ2) is 5.10. The van der Waals surface area contributed by atoms with Crippen LogP contribution in [0.1, 0.15) is 23.8 Å². The van der Waals surface area contributed by atoms with Crippen LogP contribution in [0.4, 0.5) is 13.2 Å². The molecule has 1 unspecified atom stereocenters. The molecule has 0 spiro atoms. The maximum absolute atomic E-state index is 13.4. The van der Waals surface area contributed by atoms with Gasteiger partial charge in [0.25, 0.3) is 0 Å². The molecule has 21 heavy (non-hydrogen) atoms. The van der Waals surface area contributed by atoms with E-state index in [1.54, 1.807) is 24.4 Å². The summed E-state index contributed by atoms with van der Waals surface area (Å²) in [6.07, 6.45) is -2.67. The molecule has 5 nitrogen and oxygen atoms in total. The molecule has 2 aromatic rings. The van der Waals surface area contributed by atoms with Crippen LogP contribution in [-0.2, 0) is 11.8 Å². The predicted octanol–water partition coefficient (Wildman–Crippen LogP) is 1.85. The van der Waals surface area contributed by atoms with Crippen molar-refractivity contribution in [3.05, 3.63) is 41.8 Å². The van der Waals surface area contributed by atoms with E-state index in [0.717, 1.165) is 0 Å². The monoisotopic (exact) mass is 298 g/mol. The van der Waals surface area contributed by atoms with E-state index >= 15 is 0 Å². The lowest BCUT2D eigenvalue weighted by molar-refractivity contribution is -0.191. The van der Waals surface area contributed by atoms with Gasteiger partial charge in [0.15, 0.2) is 11.2 Å². The molecule has 1 aliphatic heterocycles. The van der Waals surface area contributed by atoms with Crippen molar-refractivity contribution < 1.29 is 17.7 Å². The number of halogens is 3. The van der Waals surface area contributed by atoms with Crippen LogP contribution in [-0.4, -0.2) is 34.4 Å². The van der Waals surface area contributed by atoms with Crippen molar-refractivity contribution in [2.45, 2.75) is 24.4 Å². The molecule has 0 amide bonds. The fourth-order valence-electron chi connectivity index (χ4n) is 2.42. The zero-order valence-corrected chi connectivity index (χ0v) is 11.0. The summed E-state index contributed by atoms with van der Waals surface area (Å²) in [5.74, 6) is -0.162. The van der Waals surface area contributed by atoms with Crippen molar-refractivity contribution in [1.82, 2.24) is 20.4 Å². The second-order valence-electron chi connectivity index (χ2n) is 5.02. The van der Waals surface area contributed by atoms with Gasteiger partial charge in [-0.15, -0.1) is 0 Å². The lowest BCUT2D eigenvalue weighted by Gasteiger charge is -2.26. The average Bonchev–Trinajstić information content (AvgIpc) is 3.08. The number of alkyl halides is 3. The van der Waals surface area contributed by atoms with E-state index in [2.05, 4.69) is 20.4 Å². The second-order valence-corrected chi connectivity index (χ2v) is 5.02. The lowest BCUT2D eigenvalue weighted by atomic mass is 9.86. The lowest BCUT2D eigenvalue weighted by Crippen LogP contribution is -2.44. The number of rotatable bonds is 3. The Morgan fingerprint density at radius 2 is 2.19 bits per heavy atom. The molecule has 0 bridgehead atoms. The number of hydrogen-bond acceptors (Lipinski definition) is 5. The minimum Gasteiger partial charge on any atom is -0.338 e. The van der Waals surface area contributed by atoms with Crippen molar-refractivity contribution in [3.8, 4) is 0 Å². The van der Waals surface area contributed by atoms with Gasteiger partial charge in [-0.05, 0) is 25.1 Å². The molecule has 0 radical (unpaired) electrons. The third-order valence-corrected chi connectivity index (χ3v) is 3.64. The Morgan fingerprint density at radius 3 is 2.81 bits per heavy atom. The Hall–Kier alpha value is -1.96. The molecule has 8 heteroatoms. The van der Waals surface area contributed by atoms with E-state index in [0.29, 0.717) is 5.69 Å². The van der Waals surface area contributed by atoms with Gasteiger partial charge in [0.05, 0.1) is 6.42 Å². The maximum atomic E-state index is 13.4. The van der Waals surface area contributed by atoms with Crippen molar-refractivity contribution >= 4 is 0 Å². The van der Waals surface area contributed by atoms with Crippen molar-refractivity contribution in [1.29, 1.82) is 0 Å². The maximum Gasteiger partial charge on any atom is 0.404 e. The quantitative estimate of drug-likeness (QED) is 0.937. The van der Waals surface area contributed by atoms with Gasteiger partial charge in [0.1, 0.15) is 0 Å². The van der Waals surface area contributed by atoms with Gasteiger partial charge < -0.3 is 9.84 Å². The van der Waals surface area contributed by atoms with Gasteiger partial charge in [-0.1, -0.05) is 11.2 Å². The molecule has 3 heterocycles. The van der Waals surface area contributed by atoms with Crippen LogP contribution in [0.15, 0.2) is 28.9 Å². The van der Waals surface area contributed by atoms with Gasteiger partial charge in [-0.3, -0.25) is 4.98 Å². The molecule has 1 fully saturated rings. The molecule has 3 rings (SSSR count). The molecular formula is C13H13F3N4O. The first-order valence-corrected chi connectivity index (χ1v) is 6.52. The Kier molecular flexibility index (Phi) is 3.40. The van der Waals surface area contributed by atoms with Crippen LogP contribution in [0.2, 0.25) is 0 Å². The Bertz CT molecular complexity index is 605. The van der Waals surface area contributed by atoms with E-state index in [1.165, 1.54) is 0 Å². The molecule has 2 aromatic heterocycles. The first-order chi connectivity index (χ1) is 10.0. The van der Waals surface area contributed by atoms with E-state index in [-0.39, 0.29) is 37.6 Å². The highest BCUT2D eigenvalue weighted by atomic mass is 19.4. The van der Waals surface area contributed by atoms with Crippen LogP contribution >= 0.6 is 0 Å². The molecule has 0 aromatic carbocycles. The van der Waals surface area contributed by atoms with Crippen molar-refractivity contribution in [2.24, 2.45) is 0 Å². The van der Waals surface area contributed by atoms with E-state index < -0.39 is 11.6 Å². The highest BCUT2D eigenvalue weighted by Gasteiger charge is 2.61. The van der Waals surface area contributed by atoms with Crippen LogP contribution in [0.25, 0.3) is 0 Å². The summed E-state index contributed by atoms with van der Waals surface area (Å²) in [6.45, 7) is 0.0409. The molecule has 1 atom stereocenters. The molecule has 112 valence electrons. The summed E-state index contributed by atoms with van der Waals surface area (Å²) in [5, 5.41) is 6.38. The van der Waals surface area contributed by atoms with Gasteiger partial charge >= 0.3 is 6.18 Å². The minimum atomic E-state index is -4.43. The Balaban J connectivity index is 1.87. The van der Waals surface area contributed by atoms with E-state index in [4.69, 9.17) is 4.52 Å². The zero-order valence-electron chi connectivity index (χ0n) is 11.0. The number of aromatic nitrogens is 3. The summed E-state index contributed by atoms with van der Waals surface area (Å²) < 4.78 is 45.0. The molecule has 1 N–H and O–H groups in total. The first kappa shape index (κ1) is 14.0. The number of hydrogen-bond donors (Lipinski definition) is 1. The third-order valence-electron chi connectivity index (χ3n) is 3.64. The SMILES string of the molecule is FC(F)(F)C1(c2nc(Cc3ccccn3)no2)CCNC1. The summed E-state index contributed by atoms with van der Waals surface area (Å²) >= 11 is 0. The summed E-state index contributed by atoms with van der Waals surface area (Å²) in [4.78, 5) is 8.04. The van der Waals surface area contributed by atoms with Gasteiger partial charge in [0.2, 0.25) is 5.89 Å². The fourth-order valence-corrected chi connectivity index (χ4v) is 2.42. The standard InChI is InChI=1S/C13H13F3N4O/c14-13(15,16)12(4-6-17-8-12)11-19-10(20-21-11)7-9-3-1-2-5-18-9/h1-3,5,17H,4,6-8H2. The summed E-state index contributed by atoms with van der Waals surface area (Å²) in [6, 6.07) is 5.31. The Morgan fingerprint density at radius 1 is 1.33 bits per heavy atom. The molecular weight excluding hydrogens is 285 g/mol. The van der Waals surface area contributed by atoms with E-state index in [9.17, 15) is 13.2 Å². The predicted molar refractivity (Wildman–Crippen MR) is 66.6 cm³/mol. The van der Waals surface area contributed by atoms with Crippen LogP contribution in [0.3, 0.4) is 0 Å². The zero-order chi connectivity index (χ0) is 14.9. The van der Waals surface area contributed by atoms with Crippen LogP contribution in [0, 0.1) is 0 Å². The summed E-state index contributed by atoms with van der Waals surface area (Å²) in [5.41, 5.74) is -1.40. The topological polar surface area (TPSA) is 63.8 Å². The van der Waals surface area contributed by atoms with E-state index in [1.807, 2.05) is 0 Å². The molecule has 1 saturated heterocycles. The highest BCUT2D eigenvalue weighted by molar-refractivity contribution is 5.16. The average molecular weight is 298 g/mol. The molecule has 1 aliphatic rings.